The molecule has 0 fully saturated rings. The molecule has 0 spiro atoms. The van der Waals surface area contributed by atoms with Crippen molar-refractivity contribution in [2.24, 2.45) is 0 Å². The van der Waals surface area contributed by atoms with Gasteiger partial charge in [-0.25, -0.2) is 4.39 Å². The van der Waals surface area contributed by atoms with Gasteiger partial charge in [0.2, 0.25) is 0 Å². The lowest BCUT2D eigenvalue weighted by Gasteiger charge is -2.12. The molecule has 0 bridgehead atoms. The van der Waals surface area contributed by atoms with E-state index in [0.717, 1.165) is 22.3 Å². The Kier molecular flexibility index (Phi) is 6.08. The van der Waals surface area contributed by atoms with Crippen LogP contribution in [0.2, 0.25) is 0 Å². The first-order chi connectivity index (χ1) is 13.6. The van der Waals surface area contributed by atoms with Gasteiger partial charge in [0.15, 0.2) is 11.5 Å². The number of hydrogen-bond acceptors (Lipinski definition) is 3. The van der Waals surface area contributed by atoms with Crippen LogP contribution in [-0.2, 0) is 6.61 Å². The first-order valence-electron chi connectivity index (χ1n) is 8.83. The van der Waals surface area contributed by atoms with Gasteiger partial charge >= 0.3 is 0 Å². The van der Waals surface area contributed by atoms with Crippen LogP contribution in [0.3, 0.4) is 0 Å². The number of halogens is 1. The molecule has 3 rings (SSSR count). The number of aryl methyl sites for hydroxylation is 1. The van der Waals surface area contributed by atoms with E-state index in [1.165, 1.54) is 12.1 Å². The third-order valence-corrected chi connectivity index (χ3v) is 4.29. The average molecular weight is 373 g/mol. The van der Waals surface area contributed by atoms with Crippen LogP contribution >= 0.6 is 0 Å². The van der Waals surface area contributed by atoms with Gasteiger partial charge in [-0.05, 0) is 54.0 Å². The van der Waals surface area contributed by atoms with E-state index in [2.05, 4.69) is 6.07 Å². The fourth-order valence-corrected chi connectivity index (χ4v) is 2.71. The minimum atomic E-state index is -0.278. The highest BCUT2D eigenvalue weighted by molar-refractivity contribution is 5.89. The molecule has 140 valence electrons. The first kappa shape index (κ1) is 19.2. The second-order valence-corrected chi connectivity index (χ2v) is 6.36. The molecule has 0 amide bonds. The smallest absolute Gasteiger partial charge is 0.161 e. The Bertz CT molecular complexity index is 1020. The van der Waals surface area contributed by atoms with E-state index in [4.69, 9.17) is 9.47 Å². The second-order valence-electron chi connectivity index (χ2n) is 6.36. The summed E-state index contributed by atoms with van der Waals surface area (Å²) in [5, 5.41) is 9.52. The molecule has 0 aliphatic rings. The number of allylic oxidation sites excluding steroid dienone is 1. The standard InChI is InChI=1S/C24H20FNO2/c1-17-3-8-20(9-4-17)21(15-26)13-19-7-12-23(24(14-19)27-2)28-16-18-5-10-22(25)11-6-18/h3-14H,16H2,1-2H3/b21-13+. The topological polar surface area (TPSA) is 42.2 Å². The summed E-state index contributed by atoms with van der Waals surface area (Å²) in [6, 6.07) is 21.7. The normalized spacial score (nSPS) is 11.0. The molecule has 4 heteroatoms. The summed E-state index contributed by atoms with van der Waals surface area (Å²) in [4.78, 5) is 0. The second kappa shape index (κ2) is 8.88. The third kappa shape index (κ3) is 4.77. The van der Waals surface area contributed by atoms with Crippen LogP contribution in [0.15, 0.2) is 66.7 Å². The van der Waals surface area contributed by atoms with Crippen molar-refractivity contribution in [2.45, 2.75) is 13.5 Å². The van der Waals surface area contributed by atoms with Crippen molar-refractivity contribution in [3.8, 4) is 17.6 Å². The summed E-state index contributed by atoms with van der Waals surface area (Å²) in [6.07, 6.45) is 1.82. The third-order valence-electron chi connectivity index (χ3n) is 4.29. The lowest BCUT2D eigenvalue weighted by molar-refractivity contribution is 0.284. The summed E-state index contributed by atoms with van der Waals surface area (Å²) in [7, 11) is 1.57. The highest BCUT2D eigenvalue weighted by Gasteiger charge is 2.07. The minimum absolute atomic E-state index is 0.278. The molecule has 0 aliphatic heterocycles. The molecular formula is C24H20FNO2. The molecule has 3 aromatic carbocycles. The molecule has 0 aromatic heterocycles. The van der Waals surface area contributed by atoms with Crippen molar-refractivity contribution in [3.05, 3.63) is 94.8 Å². The molecule has 3 aromatic rings. The van der Waals surface area contributed by atoms with E-state index in [1.54, 1.807) is 25.3 Å². The van der Waals surface area contributed by atoms with Gasteiger partial charge in [0.25, 0.3) is 0 Å². The van der Waals surface area contributed by atoms with Crippen LogP contribution < -0.4 is 9.47 Å². The average Bonchev–Trinajstić information content (AvgIpc) is 2.72. The van der Waals surface area contributed by atoms with E-state index in [0.29, 0.717) is 23.7 Å². The predicted octanol–water partition coefficient (Wildman–Crippen LogP) is 5.79. The largest absolute Gasteiger partial charge is 0.493 e. The van der Waals surface area contributed by atoms with E-state index in [-0.39, 0.29) is 5.82 Å². The van der Waals surface area contributed by atoms with E-state index >= 15 is 0 Å². The first-order valence-corrected chi connectivity index (χ1v) is 8.83. The Balaban J connectivity index is 1.80. The van der Waals surface area contributed by atoms with Crippen LogP contribution in [0, 0.1) is 24.1 Å². The van der Waals surface area contributed by atoms with Crippen molar-refractivity contribution in [2.75, 3.05) is 7.11 Å². The van der Waals surface area contributed by atoms with Crippen molar-refractivity contribution >= 4 is 11.6 Å². The summed E-state index contributed by atoms with van der Waals surface area (Å²) in [6.45, 7) is 2.31. The Morgan fingerprint density at radius 3 is 2.36 bits per heavy atom. The van der Waals surface area contributed by atoms with Crippen LogP contribution in [0.25, 0.3) is 11.6 Å². The van der Waals surface area contributed by atoms with Gasteiger partial charge in [-0.15, -0.1) is 0 Å². The Morgan fingerprint density at radius 2 is 1.71 bits per heavy atom. The zero-order valence-corrected chi connectivity index (χ0v) is 15.8. The van der Waals surface area contributed by atoms with Crippen LogP contribution in [0.4, 0.5) is 4.39 Å². The van der Waals surface area contributed by atoms with Gasteiger partial charge in [-0.2, -0.15) is 5.26 Å². The number of rotatable bonds is 6. The van der Waals surface area contributed by atoms with Gasteiger partial charge in [-0.1, -0.05) is 48.0 Å². The Morgan fingerprint density at radius 1 is 1.00 bits per heavy atom. The molecule has 0 aliphatic carbocycles. The van der Waals surface area contributed by atoms with Crippen molar-refractivity contribution < 1.29 is 13.9 Å². The molecule has 0 atom stereocenters. The van der Waals surface area contributed by atoms with Gasteiger partial charge in [0.1, 0.15) is 12.4 Å². The monoisotopic (exact) mass is 373 g/mol. The van der Waals surface area contributed by atoms with E-state index in [9.17, 15) is 9.65 Å². The highest BCUT2D eigenvalue weighted by atomic mass is 19.1. The van der Waals surface area contributed by atoms with Gasteiger partial charge in [-0.3, -0.25) is 0 Å². The maximum absolute atomic E-state index is 13.0. The lowest BCUT2D eigenvalue weighted by atomic mass is 10.0. The van der Waals surface area contributed by atoms with Gasteiger partial charge in [0, 0.05) is 0 Å². The molecule has 0 unspecified atom stereocenters. The summed E-state index contributed by atoms with van der Waals surface area (Å²) in [5.41, 5.74) is 4.28. The van der Waals surface area contributed by atoms with E-state index < -0.39 is 0 Å². The molecule has 0 saturated heterocycles. The quantitative estimate of drug-likeness (QED) is 0.406. The number of methoxy groups -OCH3 is 1. The molecule has 0 heterocycles. The predicted molar refractivity (Wildman–Crippen MR) is 108 cm³/mol. The molecule has 0 saturated carbocycles. The number of nitriles is 1. The van der Waals surface area contributed by atoms with Crippen LogP contribution in [0.1, 0.15) is 22.3 Å². The SMILES string of the molecule is COc1cc(/C=C(\C#N)c2ccc(C)cc2)ccc1OCc1ccc(F)cc1. The minimum Gasteiger partial charge on any atom is -0.493 e. The van der Waals surface area contributed by atoms with Crippen molar-refractivity contribution in [3.63, 3.8) is 0 Å². The summed E-state index contributed by atoms with van der Waals surface area (Å²) >= 11 is 0. The van der Waals surface area contributed by atoms with Crippen LogP contribution in [-0.4, -0.2) is 7.11 Å². The fraction of sp³-hybridized carbons (Fsp3) is 0.125. The summed E-state index contributed by atoms with van der Waals surface area (Å²) in [5.74, 6) is 0.870. The number of nitrogens with zero attached hydrogens (tertiary/aromatic N) is 1. The highest BCUT2D eigenvalue weighted by Crippen LogP contribution is 2.30. The molecule has 28 heavy (non-hydrogen) atoms. The van der Waals surface area contributed by atoms with E-state index in [1.807, 2.05) is 49.4 Å². The molecular weight excluding hydrogens is 353 g/mol. The Hall–Kier alpha value is -3.58. The van der Waals surface area contributed by atoms with Gasteiger partial charge < -0.3 is 9.47 Å². The zero-order valence-electron chi connectivity index (χ0n) is 15.8. The number of benzene rings is 3. The van der Waals surface area contributed by atoms with Crippen molar-refractivity contribution in [1.29, 1.82) is 5.26 Å². The number of hydrogen-bond donors (Lipinski definition) is 0. The maximum atomic E-state index is 13.0. The Labute approximate surface area is 164 Å². The molecule has 0 N–H and O–H groups in total. The zero-order chi connectivity index (χ0) is 19.9. The van der Waals surface area contributed by atoms with Crippen molar-refractivity contribution in [1.82, 2.24) is 0 Å². The van der Waals surface area contributed by atoms with Gasteiger partial charge in [0.05, 0.1) is 18.8 Å². The molecule has 0 radical (unpaired) electrons. The lowest BCUT2D eigenvalue weighted by Crippen LogP contribution is -1.98. The summed E-state index contributed by atoms with van der Waals surface area (Å²) < 4.78 is 24.2. The maximum Gasteiger partial charge on any atom is 0.161 e. The fourth-order valence-electron chi connectivity index (χ4n) is 2.71. The van der Waals surface area contributed by atoms with Crippen LogP contribution in [0.5, 0.6) is 11.5 Å². The molecule has 3 nitrogen and oxygen atoms in total. The number of ether oxygens (including phenoxy) is 2.